The van der Waals surface area contributed by atoms with Crippen LogP contribution in [-0.4, -0.2) is 15.8 Å². The average Bonchev–Trinajstić information content (AvgIpc) is 2.46. The molecule has 1 heterocycles. The van der Waals surface area contributed by atoms with Crippen LogP contribution in [0.1, 0.15) is 50.4 Å². The summed E-state index contributed by atoms with van der Waals surface area (Å²) in [6, 6.07) is 0.640. The van der Waals surface area contributed by atoms with E-state index >= 15 is 0 Å². The van der Waals surface area contributed by atoms with E-state index in [0.717, 1.165) is 11.6 Å². The number of hydrogen-bond acceptors (Lipinski definition) is 2. The minimum absolute atomic E-state index is 0.640. The lowest BCUT2D eigenvalue weighted by molar-refractivity contribution is 0.502. The lowest BCUT2D eigenvalue weighted by Crippen LogP contribution is -2.19. The first-order valence-electron chi connectivity index (χ1n) is 6.84. The topological polar surface area (TPSA) is 29.9 Å². The van der Waals surface area contributed by atoms with Gasteiger partial charge in [-0.25, -0.2) is 0 Å². The number of hydrogen-bond donors (Lipinski definition) is 1. The van der Waals surface area contributed by atoms with Gasteiger partial charge in [0.1, 0.15) is 0 Å². The molecule has 0 aromatic carbocycles. The van der Waals surface area contributed by atoms with Gasteiger partial charge in [-0.15, -0.1) is 0 Å². The number of nitrogens with one attached hydrogen (secondary N) is 1. The first kappa shape index (κ1) is 12.5. The van der Waals surface area contributed by atoms with E-state index in [9.17, 15) is 0 Å². The van der Waals surface area contributed by atoms with Gasteiger partial charge in [-0.05, 0) is 39.0 Å². The summed E-state index contributed by atoms with van der Waals surface area (Å²) in [5.74, 6) is 0.901. The maximum atomic E-state index is 4.47. The standard InChI is InChI=1S/C14H25N3/c1-10-6-5-7-13(9-8-10)15-14-11(2)16-17(4)12(14)3/h10,13,15H,5-9H2,1-4H3. The summed E-state index contributed by atoms with van der Waals surface area (Å²) < 4.78 is 1.97. The molecule has 1 aliphatic carbocycles. The van der Waals surface area contributed by atoms with Crippen LogP contribution < -0.4 is 5.32 Å². The molecule has 2 unspecified atom stereocenters. The van der Waals surface area contributed by atoms with Crippen LogP contribution in [-0.2, 0) is 7.05 Å². The van der Waals surface area contributed by atoms with Crippen molar-refractivity contribution in [3.63, 3.8) is 0 Å². The fourth-order valence-electron chi connectivity index (χ4n) is 2.82. The Morgan fingerprint density at radius 2 is 1.94 bits per heavy atom. The zero-order chi connectivity index (χ0) is 12.4. The summed E-state index contributed by atoms with van der Waals surface area (Å²) in [6.07, 6.45) is 6.71. The monoisotopic (exact) mass is 235 g/mol. The Morgan fingerprint density at radius 3 is 2.59 bits per heavy atom. The Bertz CT molecular complexity index is 381. The van der Waals surface area contributed by atoms with Crippen molar-refractivity contribution in [3.05, 3.63) is 11.4 Å². The van der Waals surface area contributed by atoms with E-state index < -0.39 is 0 Å². The van der Waals surface area contributed by atoms with Gasteiger partial charge in [0.25, 0.3) is 0 Å². The van der Waals surface area contributed by atoms with Gasteiger partial charge in [0.15, 0.2) is 0 Å². The van der Waals surface area contributed by atoms with Crippen molar-refractivity contribution in [2.75, 3.05) is 5.32 Å². The maximum Gasteiger partial charge on any atom is 0.0827 e. The van der Waals surface area contributed by atoms with Crippen LogP contribution in [0.3, 0.4) is 0 Å². The van der Waals surface area contributed by atoms with E-state index in [1.165, 1.54) is 43.5 Å². The van der Waals surface area contributed by atoms with E-state index in [1.807, 2.05) is 11.7 Å². The first-order chi connectivity index (χ1) is 8.08. The van der Waals surface area contributed by atoms with Gasteiger partial charge in [0.05, 0.1) is 17.1 Å². The zero-order valence-electron chi connectivity index (χ0n) is 11.6. The Hall–Kier alpha value is -0.990. The van der Waals surface area contributed by atoms with Crippen LogP contribution in [0, 0.1) is 19.8 Å². The molecule has 0 amide bonds. The molecule has 1 aromatic heterocycles. The van der Waals surface area contributed by atoms with Crippen LogP contribution in [0.4, 0.5) is 5.69 Å². The molecule has 1 fully saturated rings. The van der Waals surface area contributed by atoms with E-state index in [0.29, 0.717) is 6.04 Å². The molecule has 96 valence electrons. The molecule has 17 heavy (non-hydrogen) atoms. The highest BCUT2D eigenvalue weighted by molar-refractivity contribution is 5.52. The molecule has 1 aromatic rings. The lowest BCUT2D eigenvalue weighted by Gasteiger charge is -2.18. The second-order valence-corrected chi connectivity index (χ2v) is 5.62. The summed E-state index contributed by atoms with van der Waals surface area (Å²) >= 11 is 0. The van der Waals surface area contributed by atoms with E-state index in [4.69, 9.17) is 0 Å². The number of aryl methyl sites for hydroxylation is 2. The smallest absolute Gasteiger partial charge is 0.0827 e. The predicted molar refractivity (Wildman–Crippen MR) is 72.3 cm³/mol. The van der Waals surface area contributed by atoms with Crippen molar-refractivity contribution in [1.29, 1.82) is 0 Å². The zero-order valence-corrected chi connectivity index (χ0v) is 11.6. The highest BCUT2D eigenvalue weighted by Crippen LogP contribution is 2.27. The highest BCUT2D eigenvalue weighted by Gasteiger charge is 2.18. The fraction of sp³-hybridized carbons (Fsp3) is 0.786. The predicted octanol–water partition coefficient (Wildman–Crippen LogP) is 3.42. The Morgan fingerprint density at radius 1 is 1.18 bits per heavy atom. The van der Waals surface area contributed by atoms with Crippen LogP contribution in [0.2, 0.25) is 0 Å². The van der Waals surface area contributed by atoms with Crippen molar-refractivity contribution in [1.82, 2.24) is 9.78 Å². The van der Waals surface area contributed by atoms with Crippen LogP contribution in [0.15, 0.2) is 0 Å². The third kappa shape index (κ3) is 2.82. The molecule has 0 spiro atoms. The van der Waals surface area contributed by atoms with E-state index in [-0.39, 0.29) is 0 Å². The summed E-state index contributed by atoms with van der Waals surface area (Å²) in [4.78, 5) is 0. The summed E-state index contributed by atoms with van der Waals surface area (Å²) in [6.45, 7) is 6.61. The molecule has 3 nitrogen and oxygen atoms in total. The summed E-state index contributed by atoms with van der Waals surface area (Å²) in [5.41, 5.74) is 3.63. The third-order valence-corrected chi connectivity index (χ3v) is 4.11. The normalized spacial score (nSPS) is 25.6. The lowest BCUT2D eigenvalue weighted by atomic mass is 10.0. The average molecular weight is 235 g/mol. The van der Waals surface area contributed by atoms with Gasteiger partial charge < -0.3 is 5.32 Å². The van der Waals surface area contributed by atoms with E-state index in [1.54, 1.807) is 0 Å². The quantitative estimate of drug-likeness (QED) is 0.796. The Balaban J connectivity index is 2.04. The van der Waals surface area contributed by atoms with Crippen LogP contribution in [0.5, 0.6) is 0 Å². The molecular formula is C14H25N3. The van der Waals surface area contributed by atoms with Crippen molar-refractivity contribution in [3.8, 4) is 0 Å². The summed E-state index contributed by atoms with van der Waals surface area (Å²) in [7, 11) is 2.02. The number of anilines is 1. The Kier molecular flexibility index (Phi) is 3.75. The number of aromatic nitrogens is 2. The molecule has 0 saturated heterocycles. The first-order valence-corrected chi connectivity index (χ1v) is 6.84. The third-order valence-electron chi connectivity index (χ3n) is 4.11. The van der Waals surface area contributed by atoms with Gasteiger partial charge in [-0.2, -0.15) is 5.10 Å². The Labute approximate surface area is 105 Å². The summed E-state index contributed by atoms with van der Waals surface area (Å²) in [5, 5.41) is 8.18. The van der Waals surface area contributed by atoms with Crippen LogP contribution >= 0.6 is 0 Å². The van der Waals surface area contributed by atoms with Crippen molar-refractivity contribution >= 4 is 5.69 Å². The molecule has 2 rings (SSSR count). The highest BCUT2D eigenvalue weighted by atomic mass is 15.3. The molecule has 0 aliphatic heterocycles. The SMILES string of the molecule is Cc1nn(C)c(C)c1NC1CCCC(C)CC1. The molecule has 1 aliphatic rings. The minimum atomic E-state index is 0.640. The minimum Gasteiger partial charge on any atom is -0.379 e. The van der Waals surface area contributed by atoms with Crippen molar-refractivity contribution in [2.45, 2.75) is 58.9 Å². The van der Waals surface area contributed by atoms with E-state index in [2.05, 4.69) is 31.2 Å². The van der Waals surface area contributed by atoms with Crippen molar-refractivity contribution < 1.29 is 0 Å². The second kappa shape index (κ2) is 5.11. The molecule has 1 N–H and O–H groups in total. The van der Waals surface area contributed by atoms with Gasteiger partial charge >= 0.3 is 0 Å². The number of rotatable bonds is 2. The van der Waals surface area contributed by atoms with Gasteiger partial charge in [0, 0.05) is 13.1 Å². The molecule has 2 atom stereocenters. The molecule has 3 heteroatoms. The van der Waals surface area contributed by atoms with Gasteiger partial charge in [-0.1, -0.05) is 19.8 Å². The maximum absolute atomic E-state index is 4.47. The van der Waals surface area contributed by atoms with Gasteiger partial charge in [0.2, 0.25) is 0 Å². The second-order valence-electron chi connectivity index (χ2n) is 5.62. The van der Waals surface area contributed by atoms with Crippen molar-refractivity contribution in [2.24, 2.45) is 13.0 Å². The largest absolute Gasteiger partial charge is 0.379 e. The number of nitrogens with zero attached hydrogens (tertiary/aromatic N) is 2. The molecule has 1 saturated carbocycles. The van der Waals surface area contributed by atoms with Gasteiger partial charge in [-0.3, -0.25) is 4.68 Å². The van der Waals surface area contributed by atoms with Crippen LogP contribution in [0.25, 0.3) is 0 Å². The molecule has 0 bridgehead atoms. The molecule has 0 radical (unpaired) electrons. The molecular weight excluding hydrogens is 210 g/mol. The fourth-order valence-corrected chi connectivity index (χ4v) is 2.82.